The fraction of sp³-hybridized carbons (Fsp3) is 0.357. The van der Waals surface area contributed by atoms with Gasteiger partial charge in [-0.25, -0.2) is 0 Å². The van der Waals surface area contributed by atoms with Gasteiger partial charge >= 0.3 is 23.9 Å². The molecule has 0 radical (unpaired) electrons. The number of halogens is 1. The van der Waals surface area contributed by atoms with Crippen molar-refractivity contribution in [2.45, 2.75) is 62.7 Å². The number of aromatic nitrogens is 3. The first-order valence-electron chi connectivity index (χ1n) is 12.7. The van der Waals surface area contributed by atoms with E-state index in [0.29, 0.717) is 11.0 Å². The third kappa shape index (κ3) is 8.08. The van der Waals surface area contributed by atoms with Crippen LogP contribution in [0.5, 0.6) is 0 Å². The highest BCUT2D eigenvalue weighted by Gasteiger charge is 2.53. The van der Waals surface area contributed by atoms with Gasteiger partial charge in [-0.1, -0.05) is 48.5 Å². The van der Waals surface area contributed by atoms with Gasteiger partial charge in [0.15, 0.2) is 34.7 Å². The van der Waals surface area contributed by atoms with Gasteiger partial charge in [0.05, 0.1) is 0 Å². The Balaban J connectivity index is 0.00000484. The molecule has 0 spiro atoms. The van der Waals surface area contributed by atoms with Gasteiger partial charge in [-0.05, 0) is 23.9 Å². The number of hydrogen-bond donors (Lipinski definition) is 0. The van der Waals surface area contributed by atoms with Gasteiger partial charge in [-0.2, -0.15) is 0 Å². The average Bonchev–Trinajstić information content (AvgIpc) is 3.34. The molecule has 0 aliphatic carbocycles. The summed E-state index contributed by atoms with van der Waals surface area (Å²) >= 11 is 1.06. The van der Waals surface area contributed by atoms with E-state index in [9.17, 15) is 19.2 Å². The topological polar surface area (TPSA) is 145 Å². The van der Waals surface area contributed by atoms with Gasteiger partial charge < -0.3 is 23.7 Å². The Hall–Kier alpha value is -3.94. The lowest BCUT2D eigenvalue weighted by Gasteiger charge is -2.43. The summed E-state index contributed by atoms with van der Waals surface area (Å²) in [6.07, 6.45) is -4.84. The van der Waals surface area contributed by atoms with E-state index < -0.39 is 53.7 Å². The normalized spacial score (nSPS) is 21.4. The molecule has 1 saturated heterocycles. The van der Waals surface area contributed by atoms with E-state index >= 15 is 0 Å². The summed E-state index contributed by atoms with van der Waals surface area (Å²) in [7, 11) is 0. The van der Waals surface area contributed by atoms with Crippen molar-refractivity contribution >= 4 is 48.0 Å². The summed E-state index contributed by atoms with van der Waals surface area (Å²) in [5, 5.41) is 9.20. The number of benzene rings is 2. The first kappa shape index (κ1) is 32.6. The smallest absolute Gasteiger partial charge is 0.303 e. The lowest BCUT2D eigenvalue weighted by Crippen LogP contribution is -2.61. The Morgan fingerprint density at radius 3 is 1.88 bits per heavy atom. The predicted octanol–water partition coefficient (Wildman–Crippen LogP) is 3.53. The molecule has 42 heavy (non-hydrogen) atoms. The third-order valence-corrected chi connectivity index (χ3v) is 6.94. The van der Waals surface area contributed by atoms with Crippen molar-refractivity contribution in [2.75, 3.05) is 6.61 Å². The molecule has 224 valence electrons. The Bertz CT molecular complexity index is 1390. The minimum Gasteiger partial charge on any atom is -0.463 e. The average molecular weight is 620 g/mol. The first-order chi connectivity index (χ1) is 19.6. The van der Waals surface area contributed by atoms with Crippen LogP contribution in [-0.4, -0.2) is 75.1 Å². The highest BCUT2D eigenvalue weighted by atomic mass is 35.5. The summed E-state index contributed by atoms with van der Waals surface area (Å²) in [5.74, 6) is -2.14. The van der Waals surface area contributed by atoms with Crippen molar-refractivity contribution in [3.63, 3.8) is 0 Å². The molecule has 1 aliphatic rings. The third-order valence-electron chi connectivity index (χ3n) is 5.85. The quantitative estimate of drug-likeness (QED) is 0.255. The van der Waals surface area contributed by atoms with E-state index in [-0.39, 0.29) is 19.0 Å². The lowest BCUT2D eigenvalue weighted by atomic mass is 9.99. The van der Waals surface area contributed by atoms with E-state index in [0.717, 1.165) is 23.0 Å². The van der Waals surface area contributed by atoms with E-state index in [1.54, 1.807) is 0 Å². The zero-order valence-corrected chi connectivity index (χ0v) is 24.8. The number of carbonyl (C=O) groups is 4. The summed E-state index contributed by atoms with van der Waals surface area (Å²) in [6.45, 7) is 4.43. The summed E-state index contributed by atoms with van der Waals surface area (Å²) in [5.41, 5.74) is 0.507. The number of ether oxygens (including phenoxy) is 5. The summed E-state index contributed by atoms with van der Waals surface area (Å²) < 4.78 is 29.8. The van der Waals surface area contributed by atoms with Gasteiger partial charge in [-0.15, -0.1) is 22.6 Å². The molecular formula is C28H30ClN3O9S. The molecule has 1 aromatic heterocycles. The van der Waals surface area contributed by atoms with Crippen LogP contribution >= 0.6 is 24.2 Å². The van der Waals surface area contributed by atoms with Crippen molar-refractivity contribution in [2.24, 2.45) is 0 Å². The van der Waals surface area contributed by atoms with Gasteiger partial charge in [-0.3, -0.25) is 23.7 Å². The van der Waals surface area contributed by atoms with Crippen molar-refractivity contribution in [3.8, 4) is 17.1 Å². The number of nitrogens with zero attached hydrogens (tertiary/aromatic N) is 3. The zero-order chi connectivity index (χ0) is 29.5. The van der Waals surface area contributed by atoms with Crippen molar-refractivity contribution in [1.29, 1.82) is 0 Å². The second kappa shape index (κ2) is 14.8. The molecule has 0 saturated carbocycles. The maximum absolute atomic E-state index is 12.2. The molecule has 3 aromatic rings. The van der Waals surface area contributed by atoms with Crippen LogP contribution in [0.2, 0.25) is 0 Å². The van der Waals surface area contributed by atoms with Gasteiger partial charge in [0.25, 0.3) is 0 Å². The number of rotatable bonds is 9. The van der Waals surface area contributed by atoms with Crippen LogP contribution in [0.1, 0.15) is 27.7 Å². The second-order valence-corrected chi connectivity index (χ2v) is 10.1. The first-order valence-corrected chi connectivity index (χ1v) is 13.6. The highest BCUT2D eigenvalue weighted by Crippen LogP contribution is 2.39. The van der Waals surface area contributed by atoms with Crippen molar-refractivity contribution in [1.82, 2.24) is 14.8 Å². The number of para-hydroxylation sites is 1. The minimum absolute atomic E-state index is 0. The van der Waals surface area contributed by atoms with Gasteiger partial charge in [0.2, 0.25) is 0 Å². The van der Waals surface area contributed by atoms with Crippen molar-refractivity contribution < 1.29 is 42.9 Å². The lowest BCUT2D eigenvalue weighted by molar-refractivity contribution is -0.237. The van der Waals surface area contributed by atoms with Gasteiger partial charge in [0, 0.05) is 38.9 Å². The molecule has 4 rings (SSSR count). The second-order valence-electron chi connectivity index (χ2n) is 9.03. The van der Waals surface area contributed by atoms with Crippen LogP contribution in [-0.2, 0) is 42.9 Å². The predicted molar refractivity (Wildman–Crippen MR) is 152 cm³/mol. The molecule has 5 atom stereocenters. The molecular weight excluding hydrogens is 590 g/mol. The minimum atomic E-state index is -1.28. The Kier molecular flexibility index (Phi) is 11.5. The van der Waals surface area contributed by atoms with Gasteiger partial charge in [0.1, 0.15) is 12.7 Å². The Morgan fingerprint density at radius 2 is 1.31 bits per heavy atom. The summed E-state index contributed by atoms with van der Waals surface area (Å²) in [6, 6.07) is 18.8. The zero-order valence-electron chi connectivity index (χ0n) is 23.2. The molecule has 1 fully saturated rings. The van der Waals surface area contributed by atoms with Crippen LogP contribution in [0.25, 0.3) is 17.1 Å². The largest absolute Gasteiger partial charge is 0.463 e. The van der Waals surface area contributed by atoms with Crippen LogP contribution < -0.4 is 0 Å². The number of thioether (sulfide) groups is 1. The number of esters is 4. The molecule has 0 bridgehead atoms. The maximum atomic E-state index is 12.2. The number of carbonyl (C=O) groups excluding carboxylic acids is 4. The maximum Gasteiger partial charge on any atom is 0.303 e. The fourth-order valence-corrected chi connectivity index (χ4v) is 5.45. The summed E-state index contributed by atoms with van der Waals surface area (Å²) in [4.78, 5) is 48.0. The van der Waals surface area contributed by atoms with Crippen LogP contribution in [0, 0.1) is 0 Å². The number of hydrogen-bond acceptors (Lipinski definition) is 12. The van der Waals surface area contributed by atoms with E-state index in [4.69, 9.17) is 23.7 Å². The molecule has 12 nitrogen and oxygen atoms in total. The van der Waals surface area contributed by atoms with E-state index in [1.807, 2.05) is 65.2 Å². The fourth-order valence-electron chi connectivity index (χ4n) is 4.32. The Morgan fingerprint density at radius 1 is 0.762 bits per heavy atom. The molecule has 0 unspecified atom stereocenters. The molecule has 0 amide bonds. The molecule has 0 N–H and O–H groups in total. The molecule has 14 heteroatoms. The van der Waals surface area contributed by atoms with E-state index in [1.165, 1.54) is 27.7 Å². The van der Waals surface area contributed by atoms with Crippen LogP contribution in [0.4, 0.5) is 0 Å². The molecule has 2 heterocycles. The highest BCUT2D eigenvalue weighted by molar-refractivity contribution is 7.99. The standard InChI is InChI=1S/C28H29N3O9S.ClH/c1-16(32)36-15-22-23(37-17(2)33)24(38-18(3)34)25(39-19(4)35)27(40-22)41-28-30-29-26(20-11-7-5-8-12-20)31(28)21-13-9-6-10-14-21;/h5-14,22-25,27H,15H2,1-4H3;1H/t22-,23-,24+,25-,27+;/m1./s1. The van der Waals surface area contributed by atoms with Crippen molar-refractivity contribution in [3.05, 3.63) is 60.7 Å². The SMILES string of the molecule is CC(=O)OC[C@H]1O[C@@H](Sc2nnc(-c3ccccc3)n2-c2ccccc2)[C@H](OC(C)=O)[C@@H](OC(C)=O)[C@@H]1OC(C)=O.Cl. The molecule has 1 aliphatic heterocycles. The van der Waals surface area contributed by atoms with Crippen LogP contribution in [0.15, 0.2) is 65.8 Å². The monoisotopic (exact) mass is 619 g/mol. The van der Waals surface area contributed by atoms with Crippen LogP contribution in [0.3, 0.4) is 0 Å². The molecule has 2 aromatic carbocycles. The van der Waals surface area contributed by atoms with E-state index in [2.05, 4.69) is 10.2 Å². The Labute approximate surface area is 252 Å².